The van der Waals surface area contributed by atoms with Crippen molar-refractivity contribution in [2.24, 2.45) is 0 Å². The molecule has 8 heavy (non-hydrogen) atoms. The van der Waals surface area contributed by atoms with Crippen molar-refractivity contribution in [3.05, 3.63) is 0 Å². The van der Waals surface area contributed by atoms with Gasteiger partial charge in [-0.25, -0.2) is 0 Å². The minimum atomic E-state index is -0.693. The summed E-state index contributed by atoms with van der Waals surface area (Å²) >= 11 is 0. The van der Waals surface area contributed by atoms with Crippen LogP contribution in [-0.4, -0.2) is 48.8 Å². The van der Waals surface area contributed by atoms with Crippen LogP contribution in [0.25, 0.3) is 0 Å². The zero-order valence-electron chi connectivity index (χ0n) is 7.18. The Morgan fingerprint density at radius 3 is 2.38 bits per heavy atom. The van der Waals surface area contributed by atoms with Crippen LogP contribution in [-0.2, 0) is 4.79 Å². The first-order valence-electron chi connectivity index (χ1n) is 2.49. The molecule has 0 heterocycles. The zero-order chi connectivity index (χ0) is 5.70. The van der Waals surface area contributed by atoms with E-state index in [-0.39, 0.29) is 40.6 Å². The smallest absolute Gasteiger partial charge is 1.00 e. The van der Waals surface area contributed by atoms with Crippen molar-refractivity contribution in [1.29, 1.82) is 0 Å². The maximum absolute atomic E-state index is 9.76. The summed E-state index contributed by atoms with van der Waals surface area (Å²) in [4.78, 5) is 9.76. The molecule has 2 nitrogen and oxygen atoms in total. The summed E-state index contributed by atoms with van der Waals surface area (Å²) in [6.07, 6.45) is 2.08. The fourth-order valence-corrected chi connectivity index (χ4v) is 0.328. The zero-order valence-corrected chi connectivity index (χ0v) is 7.39. The van der Waals surface area contributed by atoms with Gasteiger partial charge in [0, 0.05) is 6.42 Å². The number of unbranched alkanes of at least 4 members (excludes halogenated alkanes) is 1. The van der Waals surface area contributed by atoms with Crippen molar-refractivity contribution in [2.45, 2.75) is 26.2 Å². The number of hydrogen-bond donors (Lipinski definition) is 1. The average Bonchev–Trinajstić information content (AvgIpc) is 1.61. The van der Waals surface area contributed by atoms with E-state index >= 15 is 0 Å². The van der Waals surface area contributed by atoms with Gasteiger partial charge in [0.05, 0.1) is 0 Å². The van der Waals surface area contributed by atoms with Crippen molar-refractivity contribution in [3.8, 4) is 0 Å². The van der Waals surface area contributed by atoms with Gasteiger partial charge in [-0.15, -0.1) is 0 Å². The molecule has 0 saturated heterocycles. The van der Waals surface area contributed by atoms with E-state index in [9.17, 15) is 4.79 Å². The summed E-state index contributed by atoms with van der Waals surface area (Å²) < 4.78 is 0. The summed E-state index contributed by atoms with van der Waals surface area (Å²) in [5.41, 5.74) is 0. The van der Waals surface area contributed by atoms with Crippen LogP contribution in [0.4, 0.5) is 0 Å². The minimum Gasteiger partial charge on any atom is -1.00 e. The van der Waals surface area contributed by atoms with Crippen LogP contribution in [0.5, 0.6) is 0 Å². The predicted molar refractivity (Wildman–Crippen MR) is 35.1 cm³/mol. The summed E-state index contributed by atoms with van der Waals surface area (Å²) in [7, 11) is 0. The average molecular weight is 144 g/mol. The molecule has 0 atom stereocenters. The molecule has 0 aromatic carbocycles. The van der Waals surface area contributed by atoms with Crippen molar-refractivity contribution < 1.29 is 12.8 Å². The Kier molecular flexibility index (Phi) is 11.1. The number of hydrogen-bond acceptors (Lipinski definition) is 1. The standard InChI is InChI=1S/C5H10O2.Ca.2H/c1-2-3-4-5(6)7;;;/h2-4H2,1H3,(H,6,7);;;/q;+2;2*-1. The van der Waals surface area contributed by atoms with E-state index in [1.54, 1.807) is 0 Å². The molecule has 46 valence electrons. The molecular weight excluding hydrogens is 132 g/mol. The summed E-state index contributed by atoms with van der Waals surface area (Å²) in [6, 6.07) is 0. The van der Waals surface area contributed by atoms with Crippen LogP contribution in [0.1, 0.15) is 29.0 Å². The SMILES string of the molecule is CCCCC(=O)O.[Ca+2].[H-].[H-]. The summed E-state index contributed by atoms with van der Waals surface area (Å²) in [6.45, 7) is 1.98. The maximum atomic E-state index is 9.76. The first kappa shape index (κ1) is 11.5. The third-order valence-corrected chi connectivity index (χ3v) is 0.744. The van der Waals surface area contributed by atoms with Crippen LogP contribution in [0.2, 0.25) is 0 Å². The van der Waals surface area contributed by atoms with E-state index in [2.05, 4.69) is 0 Å². The number of rotatable bonds is 3. The number of aliphatic carboxylic acids is 1. The fraction of sp³-hybridized carbons (Fsp3) is 0.800. The van der Waals surface area contributed by atoms with Gasteiger partial charge in [0.25, 0.3) is 0 Å². The Labute approximate surface area is 82.2 Å². The van der Waals surface area contributed by atoms with Gasteiger partial charge in [-0.2, -0.15) is 0 Å². The largest absolute Gasteiger partial charge is 2.00 e. The Bertz CT molecular complexity index is 70.7. The molecule has 0 fully saturated rings. The number of carboxylic acids is 1. The van der Waals surface area contributed by atoms with Crippen LogP contribution in [0.15, 0.2) is 0 Å². The van der Waals surface area contributed by atoms with E-state index in [0.717, 1.165) is 12.8 Å². The Balaban J connectivity index is -0.0000000600. The summed E-state index contributed by atoms with van der Waals surface area (Å²) in [5.74, 6) is -0.693. The Morgan fingerprint density at radius 1 is 1.75 bits per heavy atom. The van der Waals surface area contributed by atoms with Gasteiger partial charge in [-0.3, -0.25) is 4.79 Å². The van der Waals surface area contributed by atoms with Gasteiger partial charge in [-0.05, 0) is 6.42 Å². The van der Waals surface area contributed by atoms with Crippen LogP contribution < -0.4 is 0 Å². The first-order chi connectivity index (χ1) is 3.27. The molecule has 1 N–H and O–H groups in total. The van der Waals surface area contributed by atoms with E-state index in [1.165, 1.54) is 0 Å². The molecule has 0 aliphatic rings. The molecule has 0 rings (SSSR count). The van der Waals surface area contributed by atoms with Gasteiger partial charge in [0.1, 0.15) is 0 Å². The topological polar surface area (TPSA) is 37.3 Å². The fourth-order valence-electron chi connectivity index (χ4n) is 0.328. The van der Waals surface area contributed by atoms with Crippen molar-refractivity contribution >= 4 is 43.7 Å². The second-order valence-corrected chi connectivity index (χ2v) is 1.50. The van der Waals surface area contributed by atoms with Gasteiger partial charge >= 0.3 is 43.7 Å². The van der Waals surface area contributed by atoms with Crippen molar-refractivity contribution in [2.75, 3.05) is 0 Å². The molecule has 0 amide bonds. The molecule has 0 bridgehead atoms. The third kappa shape index (κ3) is 9.88. The molecule has 0 saturated carbocycles. The second-order valence-electron chi connectivity index (χ2n) is 1.50. The molecule has 0 unspecified atom stereocenters. The first-order valence-corrected chi connectivity index (χ1v) is 2.49. The van der Waals surface area contributed by atoms with Gasteiger partial charge in [0.15, 0.2) is 0 Å². The van der Waals surface area contributed by atoms with E-state index < -0.39 is 5.97 Å². The third-order valence-electron chi connectivity index (χ3n) is 0.744. The van der Waals surface area contributed by atoms with Gasteiger partial charge in [0.2, 0.25) is 0 Å². The van der Waals surface area contributed by atoms with Gasteiger partial charge in [-0.1, -0.05) is 13.3 Å². The Morgan fingerprint density at radius 2 is 2.25 bits per heavy atom. The van der Waals surface area contributed by atoms with Crippen LogP contribution in [0.3, 0.4) is 0 Å². The maximum Gasteiger partial charge on any atom is 2.00 e. The molecule has 0 spiro atoms. The van der Waals surface area contributed by atoms with E-state index in [4.69, 9.17) is 5.11 Å². The summed E-state index contributed by atoms with van der Waals surface area (Å²) in [5, 5.41) is 8.04. The number of carbonyl (C=O) groups is 1. The van der Waals surface area contributed by atoms with Crippen molar-refractivity contribution in [1.82, 2.24) is 0 Å². The molecule has 3 heteroatoms. The molecule has 0 radical (unpaired) electrons. The molecule has 0 aromatic rings. The van der Waals surface area contributed by atoms with E-state index in [0.29, 0.717) is 6.42 Å². The Hall–Kier alpha value is 0.730. The van der Waals surface area contributed by atoms with E-state index in [1.807, 2.05) is 6.92 Å². The molecule has 0 aromatic heterocycles. The van der Waals surface area contributed by atoms with Crippen LogP contribution in [0, 0.1) is 0 Å². The molecular formula is C5H12CaO2. The van der Waals surface area contributed by atoms with Gasteiger partial charge < -0.3 is 7.96 Å². The second kappa shape index (κ2) is 7.73. The number of carboxylic acid groups (broad SMARTS) is 1. The minimum absolute atomic E-state index is 0. The molecule has 0 aliphatic carbocycles. The monoisotopic (exact) mass is 144 g/mol. The normalized spacial score (nSPS) is 7.62. The predicted octanol–water partition coefficient (Wildman–Crippen LogP) is 1.11. The molecule has 0 aliphatic heterocycles. The van der Waals surface area contributed by atoms with Crippen molar-refractivity contribution in [3.63, 3.8) is 0 Å². The van der Waals surface area contributed by atoms with Crippen LogP contribution >= 0.6 is 0 Å². The quantitative estimate of drug-likeness (QED) is 0.602.